The van der Waals surface area contributed by atoms with Gasteiger partial charge in [-0.1, -0.05) is 13.8 Å². The number of aromatic nitrogens is 1. The van der Waals surface area contributed by atoms with Crippen LogP contribution < -0.4 is 10.2 Å². The van der Waals surface area contributed by atoms with E-state index in [2.05, 4.69) is 35.1 Å². The molecule has 2 heterocycles. The quantitative estimate of drug-likeness (QED) is 0.863. The number of rotatable bonds is 5. The van der Waals surface area contributed by atoms with E-state index in [1.54, 1.807) is 7.11 Å². The molecule has 0 radical (unpaired) electrons. The SMILES string of the molecule is COC1CCN(c2cnccc2CNC(C)C)C1. The van der Waals surface area contributed by atoms with Gasteiger partial charge in [0.2, 0.25) is 0 Å². The number of pyridine rings is 1. The minimum atomic E-state index is 0.358. The van der Waals surface area contributed by atoms with Gasteiger partial charge < -0.3 is 15.0 Å². The number of anilines is 1. The lowest BCUT2D eigenvalue weighted by Crippen LogP contribution is -2.26. The zero-order chi connectivity index (χ0) is 13.0. The Labute approximate surface area is 109 Å². The first kappa shape index (κ1) is 13.3. The fourth-order valence-electron chi connectivity index (χ4n) is 2.30. The second kappa shape index (κ2) is 6.16. The zero-order valence-corrected chi connectivity index (χ0v) is 11.5. The van der Waals surface area contributed by atoms with Gasteiger partial charge in [-0.3, -0.25) is 4.98 Å². The summed E-state index contributed by atoms with van der Waals surface area (Å²) in [7, 11) is 1.79. The average Bonchev–Trinajstić information content (AvgIpc) is 2.85. The molecule has 0 amide bonds. The van der Waals surface area contributed by atoms with Gasteiger partial charge in [0.1, 0.15) is 0 Å². The predicted octanol–water partition coefficient (Wildman–Crippen LogP) is 1.80. The second-order valence-electron chi connectivity index (χ2n) is 5.13. The maximum atomic E-state index is 5.42. The van der Waals surface area contributed by atoms with Crippen molar-refractivity contribution in [3.8, 4) is 0 Å². The van der Waals surface area contributed by atoms with Crippen molar-refractivity contribution in [1.29, 1.82) is 0 Å². The van der Waals surface area contributed by atoms with Gasteiger partial charge in [0, 0.05) is 39.0 Å². The third kappa shape index (κ3) is 3.21. The Morgan fingerprint density at radius 3 is 3.06 bits per heavy atom. The molecule has 0 spiro atoms. The van der Waals surface area contributed by atoms with Crippen LogP contribution in [0.3, 0.4) is 0 Å². The molecule has 1 N–H and O–H groups in total. The van der Waals surface area contributed by atoms with Crippen LogP contribution in [0.4, 0.5) is 5.69 Å². The smallest absolute Gasteiger partial charge is 0.0762 e. The van der Waals surface area contributed by atoms with Gasteiger partial charge in [0.05, 0.1) is 18.0 Å². The van der Waals surface area contributed by atoms with E-state index < -0.39 is 0 Å². The largest absolute Gasteiger partial charge is 0.380 e. The summed E-state index contributed by atoms with van der Waals surface area (Å²) in [5, 5.41) is 3.47. The lowest BCUT2D eigenvalue weighted by atomic mass is 10.2. The Kier molecular flexibility index (Phi) is 4.55. The fraction of sp³-hybridized carbons (Fsp3) is 0.643. The van der Waals surface area contributed by atoms with Gasteiger partial charge in [0.15, 0.2) is 0 Å². The summed E-state index contributed by atoms with van der Waals surface area (Å²) in [6, 6.07) is 2.60. The molecule has 1 saturated heterocycles. The Balaban J connectivity index is 2.07. The van der Waals surface area contributed by atoms with Crippen molar-refractivity contribution in [3.05, 3.63) is 24.0 Å². The minimum Gasteiger partial charge on any atom is -0.380 e. The lowest BCUT2D eigenvalue weighted by molar-refractivity contribution is 0.121. The monoisotopic (exact) mass is 249 g/mol. The zero-order valence-electron chi connectivity index (χ0n) is 11.5. The first-order chi connectivity index (χ1) is 8.70. The van der Waals surface area contributed by atoms with E-state index in [0.29, 0.717) is 12.1 Å². The van der Waals surface area contributed by atoms with Crippen LogP contribution in [0.15, 0.2) is 18.5 Å². The molecular weight excluding hydrogens is 226 g/mol. The predicted molar refractivity (Wildman–Crippen MR) is 73.8 cm³/mol. The van der Waals surface area contributed by atoms with Crippen LogP contribution in [0.2, 0.25) is 0 Å². The van der Waals surface area contributed by atoms with E-state index in [1.165, 1.54) is 11.3 Å². The third-order valence-corrected chi connectivity index (χ3v) is 3.41. The second-order valence-corrected chi connectivity index (χ2v) is 5.13. The molecule has 0 saturated carbocycles. The lowest BCUT2D eigenvalue weighted by Gasteiger charge is -2.22. The van der Waals surface area contributed by atoms with Gasteiger partial charge in [-0.05, 0) is 18.1 Å². The standard InChI is InChI=1S/C14H23N3O/c1-11(2)16-8-12-4-6-15-9-14(12)17-7-5-13(10-17)18-3/h4,6,9,11,13,16H,5,7-8,10H2,1-3H3. The number of methoxy groups -OCH3 is 1. The van der Waals surface area contributed by atoms with E-state index in [4.69, 9.17) is 4.74 Å². The Morgan fingerprint density at radius 2 is 2.39 bits per heavy atom. The molecular formula is C14H23N3O. The molecule has 1 fully saturated rings. The number of nitrogens with one attached hydrogen (secondary N) is 1. The molecule has 0 aromatic carbocycles. The van der Waals surface area contributed by atoms with Crippen molar-refractivity contribution in [2.75, 3.05) is 25.1 Å². The summed E-state index contributed by atoms with van der Waals surface area (Å²) in [6.45, 7) is 7.24. The Morgan fingerprint density at radius 1 is 1.56 bits per heavy atom. The molecule has 1 aromatic heterocycles. The molecule has 1 aliphatic rings. The van der Waals surface area contributed by atoms with Crippen LogP contribution in [0.25, 0.3) is 0 Å². The Hall–Kier alpha value is -1.13. The maximum absolute atomic E-state index is 5.42. The number of hydrogen-bond donors (Lipinski definition) is 1. The van der Waals surface area contributed by atoms with Gasteiger partial charge in [-0.15, -0.1) is 0 Å². The third-order valence-electron chi connectivity index (χ3n) is 3.41. The highest BCUT2D eigenvalue weighted by Gasteiger charge is 2.23. The summed E-state index contributed by atoms with van der Waals surface area (Å²) >= 11 is 0. The van der Waals surface area contributed by atoms with E-state index in [-0.39, 0.29) is 0 Å². The summed E-state index contributed by atoms with van der Waals surface area (Å²) in [4.78, 5) is 6.63. The van der Waals surface area contributed by atoms with Crippen LogP contribution in [0.1, 0.15) is 25.8 Å². The summed E-state index contributed by atoms with van der Waals surface area (Å²) in [5.74, 6) is 0. The maximum Gasteiger partial charge on any atom is 0.0762 e. The van der Waals surface area contributed by atoms with E-state index >= 15 is 0 Å². The summed E-state index contributed by atoms with van der Waals surface area (Å²) in [5.41, 5.74) is 2.56. The van der Waals surface area contributed by atoms with Gasteiger partial charge >= 0.3 is 0 Å². The molecule has 4 heteroatoms. The van der Waals surface area contributed by atoms with Crippen molar-refractivity contribution in [1.82, 2.24) is 10.3 Å². The van der Waals surface area contributed by atoms with Crippen molar-refractivity contribution in [3.63, 3.8) is 0 Å². The summed E-state index contributed by atoms with van der Waals surface area (Å²) in [6.07, 6.45) is 5.29. The molecule has 1 aliphatic heterocycles. The average molecular weight is 249 g/mol. The van der Waals surface area contributed by atoms with E-state index in [9.17, 15) is 0 Å². The van der Waals surface area contributed by atoms with Crippen molar-refractivity contribution in [2.45, 2.75) is 39.0 Å². The molecule has 1 atom stereocenters. The molecule has 1 unspecified atom stereocenters. The first-order valence-electron chi connectivity index (χ1n) is 6.64. The topological polar surface area (TPSA) is 37.4 Å². The van der Waals surface area contributed by atoms with Crippen LogP contribution in [-0.4, -0.2) is 37.3 Å². The highest BCUT2D eigenvalue weighted by molar-refractivity contribution is 5.52. The highest BCUT2D eigenvalue weighted by atomic mass is 16.5. The van der Waals surface area contributed by atoms with Crippen LogP contribution in [0.5, 0.6) is 0 Å². The van der Waals surface area contributed by atoms with Crippen molar-refractivity contribution in [2.24, 2.45) is 0 Å². The number of nitrogens with zero attached hydrogens (tertiary/aromatic N) is 2. The normalized spacial score (nSPS) is 19.8. The molecule has 4 nitrogen and oxygen atoms in total. The van der Waals surface area contributed by atoms with Gasteiger partial charge in [-0.2, -0.15) is 0 Å². The summed E-state index contributed by atoms with van der Waals surface area (Å²) < 4.78 is 5.42. The van der Waals surface area contributed by atoms with Crippen LogP contribution in [-0.2, 0) is 11.3 Å². The molecule has 0 bridgehead atoms. The van der Waals surface area contributed by atoms with Crippen LogP contribution in [0, 0.1) is 0 Å². The molecule has 18 heavy (non-hydrogen) atoms. The van der Waals surface area contributed by atoms with E-state index in [0.717, 1.165) is 26.1 Å². The molecule has 100 valence electrons. The molecule has 1 aromatic rings. The van der Waals surface area contributed by atoms with E-state index in [1.807, 2.05) is 12.4 Å². The van der Waals surface area contributed by atoms with Gasteiger partial charge in [0.25, 0.3) is 0 Å². The number of ether oxygens (including phenoxy) is 1. The Bertz CT molecular complexity index is 381. The highest BCUT2D eigenvalue weighted by Crippen LogP contribution is 2.24. The van der Waals surface area contributed by atoms with Crippen molar-refractivity contribution >= 4 is 5.69 Å². The van der Waals surface area contributed by atoms with Crippen molar-refractivity contribution < 1.29 is 4.74 Å². The fourth-order valence-corrected chi connectivity index (χ4v) is 2.30. The van der Waals surface area contributed by atoms with Crippen LogP contribution >= 0.6 is 0 Å². The van der Waals surface area contributed by atoms with Gasteiger partial charge in [-0.25, -0.2) is 0 Å². The minimum absolute atomic E-state index is 0.358. The molecule has 2 rings (SSSR count). The molecule has 0 aliphatic carbocycles. The first-order valence-corrected chi connectivity index (χ1v) is 6.64. The number of hydrogen-bond acceptors (Lipinski definition) is 4.